The Kier molecular flexibility index (Phi) is 2.78. The third-order valence-electron chi connectivity index (χ3n) is 1.75. The molecule has 12 heavy (non-hydrogen) atoms. The van der Waals surface area contributed by atoms with E-state index in [1.165, 1.54) is 11.1 Å². The smallest absolute Gasteiger partial charge is 0.270 e. The minimum absolute atomic E-state index is 0.719. The quantitative estimate of drug-likeness (QED) is 0.361. The highest BCUT2D eigenvalue weighted by atomic mass is 14.8. The molecule has 0 atom stereocenters. The molecule has 0 aromatic heterocycles. The lowest BCUT2D eigenvalue weighted by Gasteiger charge is -1.95. The van der Waals surface area contributed by atoms with E-state index in [0.717, 1.165) is 12.1 Å². The Morgan fingerprint density at radius 3 is 2.42 bits per heavy atom. The van der Waals surface area contributed by atoms with Crippen molar-refractivity contribution in [3.05, 3.63) is 40.9 Å². The molecule has 0 saturated carbocycles. The topological polar surface area (TPSA) is 36.4 Å². The van der Waals surface area contributed by atoms with Crippen LogP contribution >= 0.6 is 0 Å². The molecule has 0 saturated heterocycles. The van der Waals surface area contributed by atoms with Crippen molar-refractivity contribution in [3.8, 4) is 0 Å². The Hall–Kier alpha value is -1.40. The second kappa shape index (κ2) is 3.84. The molecule has 0 bridgehead atoms. The molecular formula is C10H12N2. The molecule has 0 radical (unpaired) electrons. The third-order valence-corrected chi connectivity index (χ3v) is 1.75. The molecule has 0 unspecified atom stereocenters. The molecule has 2 heteroatoms. The zero-order valence-electron chi connectivity index (χ0n) is 7.41. The molecular weight excluding hydrogens is 148 g/mol. The summed E-state index contributed by atoms with van der Waals surface area (Å²) in [7, 11) is 0. The maximum Gasteiger partial charge on any atom is 0.270 e. The zero-order chi connectivity index (χ0) is 8.97. The molecule has 1 rings (SSSR count). The van der Waals surface area contributed by atoms with Gasteiger partial charge in [-0.3, -0.25) is 0 Å². The van der Waals surface area contributed by atoms with Gasteiger partial charge in [-0.1, -0.05) is 29.8 Å². The zero-order valence-corrected chi connectivity index (χ0v) is 7.41. The van der Waals surface area contributed by atoms with E-state index < -0.39 is 0 Å². The van der Waals surface area contributed by atoms with Crippen molar-refractivity contribution in [3.63, 3.8) is 0 Å². The minimum atomic E-state index is 0.719. The second-order valence-corrected chi connectivity index (χ2v) is 3.00. The van der Waals surface area contributed by atoms with E-state index in [4.69, 9.17) is 5.53 Å². The number of nitrogens with zero attached hydrogens (tertiary/aromatic N) is 2. The van der Waals surface area contributed by atoms with Crippen LogP contribution in [0.5, 0.6) is 0 Å². The van der Waals surface area contributed by atoms with Gasteiger partial charge in [0.2, 0.25) is 0 Å². The predicted molar refractivity (Wildman–Crippen MR) is 49.2 cm³/mol. The molecule has 0 amide bonds. The Balaban J connectivity index is 2.78. The first-order chi connectivity index (χ1) is 5.72. The highest BCUT2D eigenvalue weighted by Crippen LogP contribution is 2.03. The molecule has 0 spiro atoms. The molecule has 1 aromatic carbocycles. The second-order valence-electron chi connectivity index (χ2n) is 3.00. The van der Waals surface area contributed by atoms with Crippen LogP contribution in [-0.2, 0) is 6.42 Å². The van der Waals surface area contributed by atoms with Crippen LogP contribution in [0.25, 0.3) is 5.53 Å². The van der Waals surface area contributed by atoms with Crippen molar-refractivity contribution in [1.29, 1.82) is 0 Å². The van der Waals surface area contributed by atoms with Crippen molar-refractivity contribution in [2.75, 3.05) is 0 Å². The van der Waals surface area contributed by atoms with Crippen molar-refractivity contribution in [2.45, 2.75) is 20.3 Å². The van der Waals surface area contributed by atoms with Crippen molar-refractivity contribution >= 4 is 5.71 Å². The van der Waals surface area contributed by atoms with Gasteiger partial charge in [0.15, 0.2) is 0 Å². The van der Waals surface area contributed by atoms with Gasteiger partial charge in [-0.25, -0.2) is 0 Å². The number of hydrogen-bond acceptors (Lipinski definition) is 0. The number of aryl methyl sites for hydroxylation is 1. The first-order valence-electron chi connectivity index (χ1n) is 3.95. The van der Waals surface area contributed by atoms with E-state index in [-0.39, 0.29) is 0 Å². The minimum Gasteiger partial charge on any atom is -0.362 e. The normalized spacial score (nSPS) is 9.17. The fourth-order valence-electron chi connectivity index (χ4n) is 1.04. The van der Waals surface area contributed by atoms with Crippen LogP contribution in [0.1, 0.15) is 18.1 Å². The molecule has 0 aliphatic heterocycles. The van der Waals surface area contributed by atoms with Crippen molar-refractivity contribution < 1.29 is 4.79 Å². The van der Waals surface area contributed by atoms with Crippen LogP contribution in [0.2, 0.25) is 0 Å². The lowest BCUT2D eigenvalue weighted by molar-refractivity contribution is -0.00809. The van der Waals surface area contributed by atoms with Gasteiger partial charge < -0.3 is 5.53 Å². The summed E-state index contributed by atoms with van der Waals surface area (Å²) in [6, 6.07) is 8.20. The molecule has 62 valence electrons. The molecule has 0 aliphatic carbocycles. The summed E-state index contributed by atoms with van der Waals surface area (Å²) in [5.41, 5.74) is 11.6. The van der Waals surface area contributed by atoms with Gasteiger partial charge in [0, 0.05) is 6.92 Å². The fourth-order valence-corrected chi connectivity index (χ4v) is 1.04. The molecule has 0 fully saturated rings. The lowest BCUT2D eigenvalue weighted by Crippen LogP contribution is -1.97. The first-order valence-corrected chi connectivity index (χ1v) is 3.95. The maximum atomic E-state index is 8.44. The molecule has 0 heterocycles. The first kappa shape index (κ1) is 8.69. The summed E-state index contributed by atoms with van der Waals surface area (Å²) in [5, 5.41) is 0. The van der Waals surface area contributed by atoms with Crippen LogP contribution in [0.3, 0.4) is 0 Å². The molecule has 1 aromatic rings. The van der Waals surface area contributed by atoms with Crippen LogP contribution in [0, 0.1) is 6.92 Å². The highest BCUT2D eigenvalue weighted by molar-refractivity contribution is 5.78. The van der Waals surface area contributed by atoms with E-state index in [2.05, 4.69) is 23.8 Å². The Morgan fingerprint density at radius 1 is 1.33 bits per heavy atom. The van der Waals surface area contributed by atoms with Gasteiger partial charge in [0.1, 0.15) is 0 Å². The van der Waals surface area contributed by atoms with Crippen LogP contribution in [0.15, 0.2) is 24.3 Å². The van der Waals surface area contributed by atoms with E-state index >= 15 is 0 Å². The monoisotopic (exact) mass is 160 g/mol. The van der Waals surface area contributed by atoms with Crippen molar-refractivity contribution in [2.24, 2.45) is 0 Å². The standard InChI is InChI=1S/C10H12N2/c1-8-3-5-10(6-4-8)7-9(2)12-11/h3-6H,7H2,1-2H3. The van der Waals surface area contributed by atoms with Gasteiger partial charge in [0.05, 0.1) is 6.42 Å². The predicted octanol–water partition coefficient (Wildman–Crippen LogP) is 2.23. The number of rotatable bonds is 2. The van der Waals surface area contributed by atoms with E-state index in [9.17, 15) is 0 Å². The van der Waals surface area contributed by atoms with Crippen LogP contribution < -0.4 is 0 Å². The summed E-state index contributed by atoms with van der Waals surface area (Å²) in [4.78, 5) is 3.12. The average molecular weight is 160 g/mol. The van der Waals surface area contributed by atoms with E-state index in [1.54, 1.807) is 6.92 Å². The SMILES string of the molecule is CC(Cc1ccc(C)cc1)=[N+]=[N-]. The van der Waals surface area contributed by atoms with Gasteiger partial charge >= 0.3 is 0 Å². The Bertz CT molecular complexity index is 305. The van der Waals surface area contributed by atoms with Crippen LogP contribution in [0.4, 0.5) is 0 Å². The Morgan fingerprint density at radius 2 is 1.92 bits per heavy atom. The summed E-state index contributed by atoms with van der Waals surface area (Å²) < 4.78 is 0. The van der Waals surface area contributed by atoms with Gasteiger partial charge in [0.25, 0.3) is 5.71 Å². The third kappa shape index (κ3) is 2.33. The van der Waals surface area contributed by atoms with Gasteiger partial charge in [-0.2, -0.15) is 4.79 Å². The van der Waals surface area contributed by atoms with Gasteiger partial charge in [-0.05, 0) is 12.5 Å². The van der Waals surface area contributed by atoms with E-state index in [1.807, 2.05) is 12.1 Å². The summed E-state index contributed by atoms with van der Waals surface area (Å²) >= 11 is 0. The van der Waals surface area contributed by atoms with Crippen LogP contribution in [-0.4, -0.2) is 10.5 Å². The lowest BCUT2D eigenvalue weighted by atomic mass is 10.1. The Labute approximate surface area is 72.5 Å². The fraction of sp³-hybridized carbons (Fsp3) is 0.300. The van der Waals surface area contributed by atoms with Crippen molar-refractivity contribution in [1.82, 2.24) is 0 Å². The molecule has 0 N–H and O–H groups in total. The maximum absolute atomic E-state index is 8.44. The van der Waals surface area contributed by atoms with E-state index in [0.29, 0.717) is 0 Å². The highest BCUT2D eigenvalue weighted by Gasteiger charge is 2.00. The molecule has 0 aliphatic rings. The molecule has 2 nitrogen and oxygen atoms in total. The number of hydrogen-bond donors (Lipinski definition) is 0. The average Bonchev–Trinajstić information content (AvgIpc) is 2.09. The summed E-state index contributed by atoms with van der Waals surface area (Å²) in [6.07, 6.45) is 0.719. The summed E-state index contributed by atoms with van der Waals surface area (Å²) in [5.74, 6) is 0. The largest absolute Gasteiger partial charge is 0.362 e. The summed E-state index contributed by atoms with van der Waals surface area (Å²) in [6.45, 7) is 3.86. The number of benzene rings is 1. The van der Waals surface area contributed by atoms with Gasteiger partial charge in [-0.15, -0.1) is 0 Å².